The Morgan fingerprint density at radius 2 is 1.83 bits per heavy atom. The van der Waals surface area contributed by atoms with Crippen LogP contribution in [0.2, 0.25) is 0 Å². The number of amides is 1. The van der Waals surface area contributed by atoms with Crippen molar-refractivity contribution in [3.63, 3.8) is 0 Å². The molecule has 0 unspecified atom stereocenters. The molecule has 0 spiro atoms. The summed E-state index contributed by atoms with van der Waals surface area (Å²) in [6.07, 6.45) is -2.64. The van der Waals surface area contributed by atoms with Crippen molar-refractivity contribution in [1.82, 2.24) is 4.90 Å². The highest BCUT2D eigenvalue weighted by Gasteiger charge is 2.55. The van der Waals surface area contributed by atoms with Gasteiger partial charge in [0.15, 0.2) is 6.29 Å². The van der Waals surface area contributed by atoms with Crippen LogP contribution in [0.1, 0.15) is 24.3 Å². The van der Waals surface area contributed by atoms with E-state index in [1.165, 1.54) is 4.90 Å². The summed E-state index contributed by atoms with van der Waals surface area (Å²) < 4.78 is 34.3. The molecule has 190 valence electrons. The summed E-state index contributed by atoms with van der Waals surface area (Å²) in [6, 6.07) is 18.4. The number of rotatable bonds is 9. The van der Waals surface area contributed by atoms with Gasteiger partial charge in [-0.05, 0) is 12.5 Å². The monoisotopic (exact) mass is 487 g/mol. The van der Waals surface area contributed by atoms with Crippen LogP contribution >= 0.6 is 0 Å². The number of β-amino-alcohol motifs (C(OH)–C–C–N with tert-alkyl or cyclic N) is 1. The first-order chi connectivity index (χ1) is 17.0. The van der Waals surface area contributed by atoms with E-state index in [1.54, 1.807) is 14.0 Å². The highest BCUT2D eigenvalue weighted by Crippen LogP contribution is 2.38. The molecule has 2 aromatic rings. The average molecular weight is 488 g/mol. The second-order valence-electron chi connectivity index (χ2n) is 8.88. The van der Waals surface area contributed by atoms with E-state index in [4.69, 9.17) is 28.4 Å². The number of carbonyl (C=O) groups excluding carboxylic acids is 1. The number of nitrogens with zero attached hydrogens (tertiary/aromatic N) is 1. The minimum absolute atomic E-state index is 0.00670. The van der Waals surface area contributed by atoms with Crippen molar-refractivity contribution >= 4 is 6.09 Å². The molecule has 1 amide bonds. The van der Waals surface area contributed by atoms with Crippen LogP contribution in [0.3, 0.4) is 0 Å². The van der Waals surface area contributed by atoms with E-state index in [0.717, 1.165) is 11.1 Å². The van der Waals surface area contributed by atoms with Crippen molar-refractivity contribution in [2.45, 2.75) is 43.7 Å². The van der Waals surface area contributed by atoms with E-state index < -0.39 is 36.2 Å². The van der Waals surface area contributed by atoms with Crippen LogP contribution < -0.4 is 0 Å². The summed E-state index contributed by atoms with van der Waals surface area (Å²) in [6.45, 7) is 2.67. The fraction of sp³-hybridized carbons (Fsp3) is 0.500. The van der Waals surface area contributed by atoms with Gasteiger partial charge in [-0.3, -0.25) is 4.90 Å². The molecule has 0 aliphatic carbocycles. The van der Waals surface area contributed by atoms with Crippen LogP contribution in [0.5, 0.6) is 0 Å². The Labute approximate surface area is 205 Å². The van der Waals surface area contributed by atoms with Gasteiger partial charge in [0.25, 0.3) is 0 Å². The highest BCUT2D eigenvalue weighted by molar-refractivity contribution is 5.68. The number of carbonyl (C=O) groups is 1. The summed E-state index contributed by atoms with van der Waals surface area (Å²) in [4.78, 5) is 14.6. The Hall–Kier alpha value is -2.53. The summed E-state index contributed by atoms with van der Waals surface area (Å²) in [5.41, 5.74) is 0.288. The molecule has 0 radical (unpaired) electrons. The molecule has 0 saturated carbocycles. The van der Waals surface area contributed by atoms with Crippen LogP contribution in [0, 0.1) is 0 Å². The maximum atomic E-state index is 13.1. The third kappa shape index (κ3) is 6.38. The molecule has 2 aliphatic rings. The molecule has 2 fully saturated rings. The predicted octanol–water partition coefficient (Wildman–Crippen LogP) is 2.88. The van der Waals surface area contributed by atoms with Gasteiger partial charge in [0.05, 0.1) is 32.4 Å². The lowest BCUT2D eigenvalue weighted by Crippen LogP contribution is -2.71. The first-order valence-electron chi connectivity index (χ1n) is 11.7. The molecule has 9 heteroatoms. The van der Waals surface area contributed by atoms with Crippen LogP contribution in [-0.4, -0.2) is 80.2 Å². The van der Waals surface area contributed by atoms with Gasteiger partial charge in [0.2, 0.25) is 0 Å². The number of hydrogen-bond acceptors (Lipinski definition) is 8. The zero-order chi connectivity index (χ0) is 24.7. The maximum Gasteiger partial charge on any atom is 0.410 e. The quantitative estimate of drug-likeness (QED) is 0.426. The topological polar surface area (TPSA) is 95.9 Å². The van der Waals surface area contributed by atoms with Crippen molar-refractivity contribution in [1.29, 1.82) is 0 Å². The van der Waals surface area contributed by atoms with Crippen LogP contribution in [0.25, 0.3) is 0 Å². The van der Waals surface area contributed by atoms with Gasteiger partial charge < -0.3 is 33.5 Å². The molecule has 2 saturated heterocycles. The van der Waals surface area contributed by atoms with Crippen molar-refractivity contribution < 1.29 is 38.3 Å². The summed E-state index contributed by atoms with van der Waals surface area (Å²) in [5.74, 6) is 0. The standard InChI is InChI=1S/C26H33NO8/c1-26(29)17-27(25(28)33-15-19-9-5-3-6-10-19)21-16-32-24(20-11-7-4-8-12-20)35-22(21)23(26)34-18-31-14-13-30-2/h3-12,21-24,29H,13-18H2,1-2H3/t21-,22-,23+,24-,26+/m1/s1. The normalized spacial score (nSPS) is 28.4. The van der Waals surface area contributed by atoms with E-state index in [2.05, 4.69) is 0 Å². The minimum Gasteiger partial charge on any atom is -0.445 e. The van der Waals surface area contributed by atoms with Crippen molar-refractivity contribution in [3.05, 3.63) is 71.8 Å². The summed E-state index contributed by atoms with van der Waals surface area (Å²) in [7, 11) is 1.59. The number of likely N-dealkylation sites (tertiary alicyclic amines) is 1. The van der Waals surface area contributed by atoms with Crippen LogP contribution in [0.4, 0.5) is 4.79 Å². The number of ether oxygens (including phenoxy) is 6. The molecular weight excluding hydrogens is 454 g/mol. The van der Waals surface area contributed by atoms with Gasteiger partial charge in [-0.2, -0.15) is 0 Å². The molecule has 4 rings (SSSR count). The van der Waals surface area contributed by atoms with Crippen LogP contribution in [-0.2, 0) is 35.0 Å². The molecule has 2 aliphatic heterocycles. The van der Waals surface area contributed by atoms with Gasteiger partial charge in [0.1, 0.15) is 31.2 Å². The summed E-state index contributed by atoms with van der Waals surface area (Å²) >= 11 is 0. The van der Waals surface area contributed by atoms with E-state index >= 15 is 0 Å². The van der Waals surface area contributed by atoms with Gasteiger partial charge in [-0.1, -0.05) is 60.7 Å². The van der Waals surface area contributed by atoms with Crippen molar-refractivity contribution in [3.8, 4) is 0 Å². The Bertz CT molecular complexity index is 925. The Morgan fingerprint density at radius 3 is 2.54 bits per heavy atom. The third-order valence-electron chi connectivity index (χ3n) is 6.15. The molecule has 0 aromatic heterocycles. The lowest BCUT2D eigenvalue weighted by Gasteiger charge is -2.53. The van der Waals surface area contributed by atoms with E-state index in [-0.39, 0.29) is 26.6 Å². The average Bonchev–Trinajstić information content (AvgIpc) is 2.88. The van der Waals surface area contributed by atoms with Gasteiger partial charge in [0, 0.05) is 12.7 Å². The van der Waals surface area contributed by atoms with Crippen molar-refractivity contribution in [2.24, 2.45) is 0 Å². The molecule has 1 N–H and O–H groups in total. The lowest BCUT2D eigenvalue weighted by molar-refractivity contribution is -0.312. The second kappa shape index (κ2) is 11.9. The zero-order valence-corrected chi connectivity index (χ0v) is 20.1. The minimum atomic E-state index is -1.42. The highest BCUT2D eigenvalue weighted by atomic mass is 16.7. The van der Waals surface area contributed by atoms with Gasteiger partial charge >= 0.3 is 6.09 Å². The van der Waals surface area contributed by atoms with Crippen LogP contribution in [0.15, 0.2) is 60.7 Å². The number of methoxy groups -OCH3 is 1. The number of benzene rings is 2. The summed E-state index contributed by atoms with van der Waals surface area (Å²) in [5, 5.41) is 11.4. The molecule has 5 atom stereocenters. The number of fused-ring (bicyclic) bond motifs is 1. The number of piperidine rings is 1. The second-order valence-corrected chi connectivity index (χ2v) is 8.88. The van der Waals surface area contributed by atoms with E-state index in [9.17, 15) is 9.90 Å². The predicted molar refractivity (Wildman–Crippen MR) is 125 cm³/mol. The first-order valence-corrected chi connectivity index (χ1v) is 11.7. The molecule has 2 heterocycles. The maximum absolute atomic E-state index is 13.1. The fourth-order valence-corrected chi connectivity index (χ4v) is 4.38. The fourth-order valence-electron chi connectivity index (χ4n) is 4.38. The Balaban J connectivity index is 1.50. The van der Waals surface area contributed by atoms with Gasteiger partial charge in [-0.25, -0.2) is 4.79 Å². The smallest absolute Gasteiger partial charge is 0.410 e. The zero-order valence-electron chi connectivity index (χ0n) is 20.1. The van der Waals surface area contributed by atoms with E-state index in [1.807, 2.05) is 60.7 Å². The Morgan fingerprint density at radius 1 is 1.11 bits per heavy atom. The molecule has 9 nitrogen and oxygen atoms in total. The number of aliphatic hydroxyl groups is 1. The molecule has 35 heavy (non-hydrogen) atoms. The first kappa shape index (κ1) is 25.6. The number of hydrogen-bond donors (Lipinski definition) is 1. The third-order valence-corrected chi connectivity index (χ3v) is 6.15. The lowest BCUT2D eigenvalue weighted by atomic mass is 9.84. The van der Waals surface area contributed by atoms with Gasteiger partial charge in [-0.15, -0.1) is 0 Å². The molecule has 0 bridgehead atoms. The molecule has 2 aromatic carbocycles. The van der Waals surface area contributed by atoms with Crippen molar-refractivity contribution in [2.75, 3.05) is 40.3 Å². The Kier molecular flexibility index (Phi) is 8.72. The largest absolute Gasteiger partial charge is 0.445 e. The van der Waals surface area contributed by atoms with E-state index in [0.29, 0.717) is 13.2 Å². The SMILES string of the molecule is COCCOCO[C@H]1[C@@H]2O[C@H](c3ccccc3)OC[C@H]2N(C(=O)OCc2ccccc2)C[C@]1(C)O. The molecular formula is C26H33NO8.